The molecule has 0 aromatic heterocycles. The van der Waals surface area contributed by atoms with E-state index in [1.54, 1.807) is 0 Å². The smallest absolute Gasteiger partial charge is 0.163 e. The van der Waals surface area contributed by atoms with Crippen molar-refractivity contribution < 1.29 is 9.90 Å². The second-order valence-corrected chi connectivity index (χ2v) is 3.22. The molecule has 0 aliphatic carbocycles. The molecule has 0 aliphatic heterocycles. The van der Waals surface area contributed by atoms with Crippen LogP contribution in [0.25, 0.3) is 0 Å². The van der Waals surface area contributed by atoms with E-state index in [9.17, 15) is 9.90 Å². The Bertz CT molecular complexity index is 119. The van der Waals surface area contributed by atoms with E-state index < -0.39 is 6.10 Å². The highest BCUT2D eigenvalue weighted by Crippen LogP contribution is 2.06. The van der Waals surface area contributed by atoms with Gasteiger partial charge in [0.15, 0.2) is 5.78 Å². The average molecular weight is 158 g/mol. The van der Waals surface area contributed by atoms with Gasteiger partial charge < -0.3 is 5.11 Å². The molecule has 0 aromatic carbocycles. The van der Waals surface area contributed by atoms with Gasteiger partial charge >= 0.3 is 0 Å². The molecular formula is C9H18O2. The van der Waals surface area contributed by atoms with Gasteiger partial charge in [-0.1, -0.05) is 33.6 Å². The molecule has 0 saturated heterocycles. The summed E-state index contributed by atoms with van der Waals surface area (Å²) in [5.74, 6) is -0.0692. The van der Waals surface area contributed by atoms with Crippen LogP contribution >= 0.6 is 0 Å². The van der Waals surface area contributed by atoms with Crippen molar-refractivity contribution in [3.8, 4) is 0 Å². The molecule has 1 atom stereocenters. The number of aliphatic hydroxyl groups is 1. The SMILES string of the molecule is CCCCC(O)C(=O)C(C)C. The summed E-state index contributed by atoms with van der Waals surface area (Å²) in [7, 11) is 0. The molecule has 0 rings (SSSR count). The van der Waals surface area contributed by atoms with Gasteiger partial charge in [0.05, 0.1) is 0 Å². The summed E-state index contributed by atoms with van der Waals surface area (Å²) in [6, 6.07) is 0. The minimum absolute atomic E-state index is 0.0292. The lowest BCUT2D eigenvalue weighted by atomic mass is 10.0. The summed E-state index contributed by atoms with van der Waals surface area (Å²) in [6.07, 6.45) is 1.85. The van der Waals surface area contributed by atoms with Crippen molar-refractivity contribution in [2.24, 2.45) is 5.92 Å². The van der Waals surface area contributed by atoms with Gasteiger partial charge in [0.2, 0.25) is 0 Å². The van der Waals surface area contributed by atoms with Crippen molar-refractivity contribution in [1.82, 2.24) is 0 Å². The standard InChI is InChI=1S/C9H18O2/c1-4-5-6-8(10)9(11)7(2)3/h7-8,10H,4-6H2,1-3H3. The van der Waals surface area contributed by atoms with E-state index in [2.05, 4.69) is 0 Å². The second-order valence-electron chi connectivity index (χ2n) is 3.22. The molecule has 0 fully saturated rings. The lowest BCUT2D eigenvalue weighted by Crippen LogP contribution is -2.24. The average Bonchev–Trinajstić information content (AvgIpc) is 1.98. The fourth-order valence-corrected chi connectivity index (χ4v) is 0.925. The van der Waals surface area contributed by atoms with Crippen LogP contribution in [0.2, 0.25) is 0 Å². The Morgan fingerprint density at radius 2 is 2.00 bits per heavy atom. The van der Waals surface area contributed by atoms with Crippen LogP contribution in [0.15, 0.2) is 0 Å². The van der Waals surface area contributed by atoms with Crippen molar-refractivity contribution in [1.29, 1.82) is 0 Å². The van der Waals surface area contributed by atoms with E-state index in [-0.39, 0.29) is 11.7 Å². The molecule has 1 N–H and O–H groups in total. The fourth-order valence-electron chi connectivity index (χ4n) is 0.925. The fraction of sp³-hybridized carbons (Fsp3) is 0.889. The van der Waals surface area contributed by atoms with Crippen molar-refractivity contribution in [3.05, 3.63) is 0 Å². The predicted octanol–water partition coefficient (Wildman–Crippen LogP) is 1.76. The quantitative estimate of drug-likeness (QED) is 0.662. The highest BCUT2D eigenvalue weighted by molar-refractivity contribution is 5.84. The van der Waals surface area contributed by atoms with E-state index in [1.807, 2.05) is 20.8 Å². The van der Waals surface area contributed by atoms with Gasteiger partial charge in [-0.05, 0) is 6.42 Å². The predicted molar refractivity (Wildman–Crippen MR) is 45.4 cm³/mol. The highest BCUT2D eigenvalue weighted by Gasteiger charge is 2.16. The molecule has 0 spiro atoms. The Kier molecular flexibility index (Phi) is 5.12. The molecule has 0 bridgehead atoms. The van der Waals surface area contributed by atoms with Gasteiger partial charge in [0.1, 0.15) is 6.10 Å². The number of unbranched alkanes of at least 4 members (excludes halogenated alkanes) is 1. The van der Waals surface area contributed by atoms with Crippen LogP contribution in [0, 0.1) is 5.92 Å². The maximum atomic E-state index is 11.1. The van der Waals surface area contributed by atoms with Crippen LogP contribution in [-0.2, 0) is 4.79 Å². The summed E-state index contributed by atoms with van der Waals surface area (Å²) < 4.78 is 0. The first-order valence-corrected chi connectivity index (χ1v) is 4.31. The van der Waals surface area contributed by atoms with Gasteiger partial charge in [-0.3, -0.25) is 4.79 Å². The molecule has 66 valence electrons. The minimum atomic E-state index is -0.727. The Labute approximate surface area is 68.6 Å². The molecule has 2 heteroatoms. The van der Waals surface area contributed by atoms with Crippen molar-refractivity contribution in [2.75, 3.05) is 0 Å². The molecule has 0 amide bonds. The summed E-state index contributed by atoms with van der Waals surface area (Å²) in [6.45, 7) is 5.68. The van der Waals surface area contributed by atoms with E-state index >= 15 is 0 Å². The number of ketones is 1. The molecule has 0 aliphatic rings. The molecule has 0 aromatic rings. The first kappa shape index (κ1) is 10.6. The normalized spacial score (nSPS) is 13.5. The van der Waals surface area contributed by atoms with E-state index in [4.69, 9.17) is 0 Å². The molecule has 0 radical (unpaired) electrons. The van der Waals surface area contributed by atoms with E-state index in [1.165, 1.54) is 0 Å². The molecular weight excluding hydrogens is 140 g/mol. The zero-order valence-electron chi connectivity index (χ0n) is 7.63. The monoisotopic (exact) mass is 158 g/mol. The molecule has 2 nitrogen and oxygen atoms in total. The van der Waals surface area contributed by atoms with Gasteiger partial charge in [-0.25, -0.2) is 0 Å². The summed E-state index contributed by atoms with van der Waals surface area (Å²) in [4.78, 5) is 11.1. The van der Waals surface area contributed by atoms with Crippen molar-refractivity contribution >= 4 is 5.78 Å². The van der Waals surface area contributed by atoms with Gasteiger partial charge in [-0.15, -0.1) is 0 Å². The number of aliphatic hydroxyl groups excluding tert-OH is 1. The van der Waals surface area contributed by atoms with Crippen LogP contribution < -0.4 is 0 Å². The highest BCUT2D eigenvalue weighted by atomic mass is 16.3. The maximum Gasteiger partial charge on any atom is 0.163 e. The molecule has 11 heavy (non-hydrogen) atoms. The second kappa shape index (κ2) is 5.30. The van der Waals surface area contributed by atoms with Crippen LogP contribution in [-0.4, -0.2) is 17.0 Å². The van der Waals surface area contributed by atoms with Crippen LogP contribution in [0.3, 0.4) is 0 Å². The molecule has 1 unspecified atom stereocenters. The third-order valence-electron chi connectivity index (χ3n) is 1.73. The number of rotatable bonds is 5. The topological polar surface area (TPSA) is 37.3 Å². The maximum absolute atomic E-state index is 11.1. The first-order valence-electron chi connectivity index (χ1n) is 4.31. The zero-order valence-corrected chi connectivity index (χ0v) is 7.63. The Morgan fingerprint density at radius 1 is 1.45 bits per heavy atom. The van der Waals surface area contributed by atoms with E-state index in [0.29, 0.717) is 6.42 Å². The van der Waals surface area contributed by atoms with Crippen molar-refractivity contribution in [2.45, 2.75) is 46.1 Å². The third-order valence-corrected chi connectivity index (χ3v) is 1.73. The molecule has 0 saturated carbocycles. The van der Waals surface area contributed by atoms with Crippen LogP contribution in [0.4, 0.5) is 0 Å². The van der Waals surface area contributed by atoms with Gasteiger partial charge in [0, 0.05) is 5.92 Å². The van der Waals surface area contributed by atoms with Crippen molar-refractivity contribution in [3.63, 3.8) is 0 Å². The van der Waals surface area contributed by atoms with Crippen LogP contribution in [0.1, 0.15) is 40.0 Å². The van der Waals surface area contributed by atoms with E-state index in [0.717, 1.165) is 12.8 Å². The van der Waals surface area contributed by atoms with Gasteiger partial charge in [0.25, 0.3) is 0 Å². The minimum Gasteiger partial charge on any atom is -0.385 e. The number of carbonyl (C=O) groups excluding carboxylic acids is 1. The Hall–Kier alpha value is -0.370. The van der Waals surface area contributed by atoms with Gasteiger partial charge in [-0.2, -0.15) is 0 Å². The molecule has 0 heterocycles. The Morgan fingerprint density at radius 3 is 2.36 bits per heavy atom. The largest absolute Gasteiger partial charge is 0.385 e. The summed E-state index contributed by atoms with van der Waals surface area (Å²) in [5, 5.41) is 9.27. The number of carbonyl (C=O) groups is 1. The first-order chi connectivity index (χ1) is 5.09. The lowest BCUT2D eigenvalue weighted by molar-refractivity contribution is -0.130. The number of hydrogen-bond acceptors (Lipinski definition) is 2. The lowest BCUT2D eigenvalue weighted by Gasteiger charge is -2.10. The number of Topliss-reactive ketones (excluding diaryl/α,β-unsaturated/α-hetero) is 1. The zero-order chi connectivity index (χ0) is 8.85. The third kappa shape index (κ3) is 4.14. The number of hydrogen-bond donors (Lipinski definition) is 1. The van der Waals surface area contributed by atoms with Crippen LogP contribution in [0.5, 0.6) is 0 Å². The summed E-state index contributed by atoms with van der Waals surface area (Å²) >= 11 is 0. The Balaban J connectivity index is 3.64. The summed E-state index contributed by atoms with van der Waals surface area (Å²) in [5.41, 5.74) is 0.